The lowest BCUT2D eigenvalue weighted by Crippen LogP contribution is -2.08. The van der Waals surface area contributed by atoms with Gasteiger partial charge in [-0.2, -0.15) is 0 Å². The van der Waals surface area contributed by atoms with E-state index in [0.717, 1.165) is 20.2 Å². The van der Waals surface area contributed by atoms with E-state index in [2.05, 4.69) is 15.9 Å². The molecule has 0 atom stereocenters. The minimum Gasteiger partial charge on any atom is -0.302 e. The molecule has 5 rings (SSSR count). The molecule has 0 amide bonds. The first-order valence-corrected chi connectivity index (χ1v) is 10.9. The molecule has 31 heavy (non-hydrogen) atoms. The number of thiophene rings is 1. The van der Waals surface area contributed by atoms with Gasteiger partial charge in [0.05, 0.1) is 17.5 Å². The van der Waals surface area contributed by atoms with Crippen molar-refractivity contribution < 1.29 is 13.7 Å². The number of benzene rings is 4. The van der Waals surface area contributed by atoms with E-state index in [1.54, 1.807) is 48.5 Å². The summed E-state index contributed by atoms with van der Waals surface area (Å²) in [6, 6.07) is 14.3. The Hall–Kier alpha value is -3.14. The van der Waals surface area contributed by atoms with Crippen molar-refractivity contribution in [2.75, 3.05) is 4.90 Å². The number of anilines is 3. The first-order chi connectivity index (χ1) is 19.4. The van der Waals surface area contributed by atoms with Crippen molar-refractivity contribution in [2.24, 2.45) is 0 Å². The van der Waals surface area contributed by atoms with Crippen LogP contribution < -0.4 is 4.90 Å². The van der Waals surface area contributed by atoms with Crippen molar-refractivity contribution in [2.45, 2.75) is 0 Å². The quantitative estimate of drug-likeness (QED) is 0.236. The van der Waals surface area contributed by atoms with E-state index in [-0.39, 0.29) is 35.3 Å². The first kappa shape index (κ1) is 11.5. The van der Waals surface area contributed by atoms with E-state index in [0.29, 0.717) is 11.1 Å². The summed E-state index contributed by atoms with van der Waals surface area (Å²) < 4.78 is 81.7. The van der Waals surface area contributed by atoms with E-state index in [9.17, 15) is 0 Å². The number of hydrogen-bond donors (Lipinski definition) is 0. The Balaban J connectivity index is 1.59. The number of rotatable bonds is 5. The smallest absolute Gasteiger partial charge is 0.101 e. The van der Waals surface area contributed by atoms with E-state index in [4.69, 9.17) is 13.7 Å². The zero-order valence-corrected chi connectivity index (χ0v) is 18.4. The molecule has 150 valence electrons. The van der Waals surface area contributed by atoms with Crippen LogP contribution in [0.25, 0.3) is 22.3 Å². The van der Waals surface area contributed by atoms with Gasteiger partial charge in [0.25, 0.3) is 0 Å². The molecule has 0 radical (unpaired) electrons. The fourth-order valence-electron chi connectivity index (χ4n) is 3.17. The molecule has 3 heteroatoms. The number of nitrogens with zero attached hydrogens (tertiary/aromatic N) is 1. The van der Waals surface area contributed by atoms with Gasteiger partial charge < -0.3 is 4.90 Å². The van der Waals surface area contributed by atoms with Gasteiger partial charge in [0, 0.05) is 11.4 Å². The van der Waals surface area contributed by atoms with Gasteiger partial charge in [-0.15, -0.1) is 11.3 Å². The second-order valence-electron chi connectivity index (χ2n) is 6.51. The maximum Gasteiger partial charge on any atom is 0.101 e. The van der Waals surface area contributed by atoms with Gasteiger partial charge in [0.2, 0.25) is 0 Å². The Kier molecular flexibility index (Phi) is 3.30. The van der Waals surface area contributed by atoms with Crippen LogP contribution in [0.15, 0.2) is 125 Å². The molecule has 0 bridgehead atoms. The third-order valence-electron chi connectivity index (χ3n) is 4.61. The average Bonchev–Trinajstić information content (AvgIpc) is 3.40. The van der Waals surface area contributed by atoms with Gasteiger partial charge in [0.15, 0.2) is 0 Å². The second kappa shape index (κ2) is 8.93. The van der Waals surface area contributed by atoms with Crippen molar-refractivity contribution in [3.8, 4) is 22.3 Å². The van der Waals surface area contributed by atoms with Crippen LogP contribution in [0.3, 0.4) is 0 Å². The summed E-state index contributed by atoms with van der Waals surface area (Å²) in [5.74, 6) is 0. The maximum absolute atomic E-state index is 8.30. The lowest BCUT2D eigenvalue weighted by molar-refractivity contribution is 1.32. The van der Waals surface area contributed by atoms with Crippen molar-refractivity contribution in [3.05, 3.63) is 125 Å². The van der Waals surface area contributed by atoms with E-state index < -0.39 is 36.3 Å². The highest BCUT2D eigenvalue weighted by atomic mass is 79.9. The molecule has 0 spiro atoms. The normalized spacial score (nSPS) is 15.3. The van der Waals surface area contributed by atoms with Gasteiger partial charge >= 0.3 is 0 Å². The summed E-state index contributed by atoms with van der Waals surface area (Å²) in [4.78, 5) is 1.97. The van der Waals surface area contributed by atoms with Crippen LogP contribution >= 0.6 is 27.3 Å². The van der Waals surface area contributed by atoms with Crippen molar-refractivity contribution in [1.29, 1.82) is 0 Å². The van der Waals surface area contributed by atoms with Crippen LogP contribution in [0.5, 0.6) is 0 Å². The van der Waals surface area contributed by atoms with Crippen LogP contribution in [-0.2, 0) is 0 Å². The molecule has 0 saturated carbocycles. The predicted molar refractivity (Wildman–Crippen MR) is 138 cm³/mol. The van der Waals surface area contributed by atoms with E-state index in [1.165, 1.54) is 11.3 Å². The third kappa shape index (κ3) is 4.34. The molecule has 0 unspecified atom stereocenters. The predicted octanol–water partition coefficient (Wildman–Crippen LogP) is 9.31. The maximum atomic E-state index is 8.30. The van der Waals surface area contributed by atoms with Crippen molar-refractivity contribution in [3.63, 3.8) is 0 Å². The highest BCUT2D eigenvalue weighted by Crippen LogP contribution is 2.41. The molecular formula is C28H20BrNS. The minimum atomic E-state index is -0.443. The lowest BCUT2D eigenvalue weighted by atomic mass is 10.0. The molecule has 0 aliphatic heterocycles. The molecule has 4 aromatic carbocycles. The Morgan fingerprint density at radius 2 is 1.00 bits per heavy atom. The van der Waals surface area contributed by atoms with Crippen LogP contribution in [0, 0.1) is 0 Å². The third-order valence-corrected chi connectivity index (χ3v) is 6.22. The summed E-state index contributed by atoms with van der Waals surface area (Å²) in [7, 11) is 0. The van der Waals surface area contributed by atoms with Gasteiger partial charge in [-0.1, -0.05) is 84.7 Å². The molecule has 0 N–H and O–H groups in total. The molecule has 1 nitrogen and oxygen atoms in total. The topological polar surface area (TPSA) is 3.24 Å². The number of hydrogen-bond acceptors (Lipinski definition) is 2. The van der Waals surface area contributed by atoms with E-state index >= 15 is 0 Å². The molecule has 0 aliphatic carbocycles. The molecule has 5 aromatic rings. The molecule has 0 aliphatic rings. The zero-order chi connectivity index (χ0) is 29.7. The Labute approximate surface area is 209 Å². The lowest BCUT2D eigenvalue weighted by Gasteiger charge is -2.24. The average molecular weight is 493 g/mol. The first-order valence-electron chi connectivity index (χ1n) is 14.3. The highest BCUT2D eigenvalue weighted by molar-refractivity contribution is 9.11. The summed E-state index contributed by atoms with van der Waals surface area (Å²) in [5.41, 5.74) is 2.69. The largest absolute Gasteiger partial charge is 0.302 e. The summed E-state index contributed by atoms with van der Waals surface area (Å²) in [6.07, 6.45) is 0. The molecule has 1 heterocycles. The Bertz CT molecular complexity index is 1630. The Morgan fingerprint density at radius 1 is 0.548 bits per heavy atom. The fourth-order valence-corrected chi connectivity index (χ4v) is 4.58. The summed E-state index contributed by atoms with van der Waals surface area (Å²) >= 11 is 5.00. The molecular weight excluding hydrogens is 462 g/mol. The molecule has 0 fully saturated rings. The van der Waals surface area contributed by atoms with E-state index in [1.807, 2.05) is 17.0 Å². The summed E-state index contributed by atoms with van der Waals surface area (Å²) in [6.45, 7) is 0. The standard InChI is InChI=1S/C28H20BrNS/c29-27-19-20-28(31-27)30(25-15-11-23(12-16-25)21-7-3-1-4-8-21)26-17-13-24(14-18-26)22-9-5-2-6-10-22/h1-20H/i1D,2D,3D,4D,5D,6D,7D,8D,9D,10D. The molecule has 1 aromatic heterocycles. The molecule has 0 saturated heterocycles. The van der Waals surface area contributed by atoms with Crippen LogP contribution in [0.2, 0.25) is 0 Å². The van der Waals surface area contributed by atoms with Crippen LogP contribution in [0.1, 0.15) is 13.7 Å². The highest BCUT2D eigenvalue weighted by Gasteiger charge is 2.15. The van der Waals surface area contributed by atoms with Gasteiger partial charge in [-0.25, -0.2) is 0 Å². The monoisotopic (exact) mass is 491 g/mol. The minimum absolute atomic E-state index is 0.121. The van der Waals surface area contributed by atoms with Crippen molar-refractivity contribution >= 4 is 43.6 Å². The van der Waals surface area contributed by atoms with Crippen LogP contribution in [-0.4, -0.2) is 0 Å². The van der Waals surface area contributed by atoms with Crippen LogP contribution in [0.4, 0.5) is 16.4 Å². The van der Waals surface area contributed by atoms with Gasteiger partial charge in [-0.3, -0.25) is 0 Å². The van der Waals surface area contributed by atoms with Crippen molar-refractivity contribution in [1.82, 2.24) is 0 Å². The Morgan fingerprint density at radius 3 is 1.39 bits per heavy atom. The van der Waals surface area contributed by atoms with Gasteiger partial charge in [0.1, 0.15) is 5.00 Å². The summed E-state index contributed by atoms with van der Waals surface area (Å²) in [5, 5.41) is 0.864. The zero-order valence-electron chi connectivity index (χ0n) is 26.0. The second-order valence-corrected chi connectivity index (χ2v) is 8.95. The SMILES string of the molecule is [2H]c1c([2H])c([2H])c(-c2ccc(N(c3ccc(-c4c([2H])c([2H])c([2H])c([2H])c4[2H])cc3)c3ccc(Br)s3)cc2)c([2H])c1[2H]. The fraction of sp³-hybridized carbons (Fsp3) is 0. The van der Waals surface area contributed by atoms with Gasteiger partial charge in [-0.05, 0) is 74.6 Å². The number of halogens is 1.